The van der Waals surface area contributed by atoms with Crippen LogP contribution in [0.25, 0.3) is 0 Å². The minimum Gasteiger partial charge on any atom is -0.364 e. The van der Waals surface area contributed by atoms with Gasteiger partial charge >= 0.3 is 0 Å². The average Bonchev–Trinajstić information content (AvgIpc) is 2.55. The van der Waals surface area contributed by atoms with Crippen LogP contribution in [0.2, 0.25) is 0 Å². The van der Waals surface area contributed by atoms with E-state index in [0.717, 1.165) is 17.2 Å². The fourth-order valence-corrected chi connectivity index (χ4v) is 1.85. The summed E-state index contributed by atoms with van der Waals surface area (Å²) in [5, 5.41) is 6.40. The second kappa shape index (κ2) is 6.47. The Bertz CT molecular complexity index is 685. The fraction of sp³-hybridized carbons (Fsp3) is 0.0625. The summed E-state index contributed by atoms with van der Waals surface area (Å²) < 4.78 is 0. The molecule has 104 valence electrons. The van der Waals surface area contributed by atoms with E-state index in [2.05, 4.69) is 25.6 Å². The summed E-state index contributed by atoms with van der Waals surface area (Å²) in [5.41, 5.74) is 1.92. The van der Waals surface area contributed by atoms with Crippen LogP contribution in [-0.4, -0.2) is 15.0 Å². The molecule has 3 aromatic rings. The zero-order chi connectivity index (χ0) is 14.3. The Morgan fingerprint density at radius 1 is 0.810 bits per heavy atom. The second-order valence-corrected chi connectivity index (χ2v) is 4.43. The van der Waals surface area contributed by atoms with Crippen LogP contribution in [0.15, 0.2) is 67.0 Å². The largest absolute Gasteiger partial charge is 0.364 e. The van der Waals surface area contributed by atoms with E-state index in [4.69, 9.17) is 0 Å². The van der Waals surface area contributed by atoms with Crippen LogP contribution in [0.5, 0.6) is 0 Å². The van der Waals surface area contributed by atoms with Gasteiger partial charge in [-0.3, -0.25) is 4.98 Å². The number of hydrogen-bond donors (Lipinski definition) is 2. The summed E-state index contributed by atoms with van der Waals surface area (Å²) >= 11 is 0. The van der Waals surface area contributed by atoms with Crippen LogP contribution in [0.1, 0.15) is 5.69 Å². The first-order chi connectivity index (χ1) is 10.4. The second-order valence-electron chi connectivity index (χ2n) is 4.43. The van der Waals surface area contributed by atoms with Crippen molar-refractivity contribution in [3.8, 4) is 0 Å². The molecule has 0 aliphatic rings. The van der Waals surface area contributed by atoms with Gasteiger partial charge in [0.05, 0.1) is 12.2 Å². The summed E-state index contributed by atoms with van der Waals surface area (Å²) in [6.07, 6.45) is 3.50. The van der Waals surface area contributed by atoms with Gasteiger partial charge in [0.25, 0.3) is 0 Å². The van der Waals surface area contributed by atoms with Crippen molar-refractivity contribution in [3.63, 3.8) is 0 Å². The molecule has 0 bridgehead atoms. The van der Waals surface area contributed by atoms with Gasteiger partial charge in [-0.1, -0.05) is 24.3 Å². The first-order valence-corrected chi connectivity index (χ1v) is 6.69. The average molecular weight is 277 g/mol. The number of anilines is 3. The molecular weight excluding hydrogens is 262 g/mol. The third kappa shape index (κ3) is 3.76. The van der Waals surface area contributed by atoms with Crippen molar-refractivity contribution in [2.45, 2.75) is 6.54 Å². The number of rotatable bonds is 5. The number of para-hydroxylation sites is 1. The predicted octanol–water partition coefficient (Wildman–Crippen LogP) is 3.23. The molecule has 0 amide bonds. The lowest BCUT2D eigenvalue weighted by molar-refractivity contribution is 1.02. The molecule has 0 atom stereocenters. The lowest BCUT2D eigenvalue weighted by Crippen LogP contribution is -2.05. The van der Waals surface area contributed by atoms with Gasteiger partial charge in [-0.15, -0.1) is 0 Å². The summed E-state index contributed by atoms with van der Waals surface area (Å²) in [4.78, 5) is 12.9. The molecule has 21 heavy (non-hydrogen) atoms. The van der Waals surface area contributed by atoms with Gasteiger partial charge in [0.2, 0.25) is 5.95 Å². The highest BCUT2D eigenvalue weighted by molar-refractivity contribution is 5.54. The van der Waals surface area contributed by atoms with Crippen molar-refractivity contribution in [1.82, 2.24) is 15.0 Å². The lowest BCUT2D eigenvalue weighted by atomic mass is 10.3. The normalized spacial score (nSPS) is 10.1. The summed E-state index contributed by atoms with van der Waals surface area (Å²) in [5.74, 6) is 1.32. The van der Waals surface area contributed by atoms with E-state index in [0.29, 0.717) is 12.5 Å². The molecule has 0 fully saturated rings. The molecular formula is C16H15N5. The predicted molar refractivity (Wildman–Crippen MR) is 83.3 cm³/mol. The smallest absolute Gasteiger partial charge is 0.229 e. The lowest BCUT2D eigenvalue weighted by Gasteiger charge is -2.08. The molecule has 3 rings (SSSR count). The molecule has 0 radical (unpaired) electrons. The maximum atomic E-state index is 4.42. The highest BCUT2D eigenvalue weighted by atomic mass is 15.1. The zero-order valence-electron chi connectivity index (χ0n) is 11.4. The SMILES string of the molecule is c1ccc(Nc2nccc(NCc3ccccn3)n2)cc1. The van der Waals surface area contributed by atoms with E-state index in [1.165, 1.54) is 0 Å². The van der Waals surface area contributed by atoms with Crippen LogP contribution < -0.4 is 10.6 Å². The minimum absolute atomic E-state index is 0.562. The Balaban J connectivity index is 1.66. The van der Waals surface area contributed by atoms with Gasteiger partial charge in [-0.05, 0) is 30.3 Å². The van der Waals surface area contributed by atoms with Gasteiger partial charge in [-0.2, -0.15) is 4.98 Å². The molecule has 0 saturated carbocycles. The van der Waals surface area contributed by atoms with E-state index in [1.54, 1.807) is 12.4 Å². The Kier molecular flexibility index (Phi) is 4.02. The maximum Gasteiger partial charge on any atom is 0.229 e. The van der Waals surface area contributed by atoms with Crippen LogP contribution in [0, 0.1) is 0 Å². The molecule has 0 aliphatic carbocycles. The van der Waals surface area contributed by atoms with Crippen LogP contribution in [0.3, 0.4) is 0 Å². The maximum absolute atomic E-state index is 4.42. The molecule has 0 unspecified atom stereocenters. The van der Waals surface area contributed by atoms with Gasteiger partial charge in [0, 0.05) is 18.1 Å². The number of nitrogens with one attached hydrogen (secondary N) is 2. The van der Waals surface area contributed by atoms with Crippen molar-refractivity contribution in [2.75, 3.05) is 10.6 Å². The summed E-state index contributed by atoms with van der Waals surface area (Å²) in [7, 11) is 0. The van der Waals surface area contributed by atoms with Crippen molar-refractivity contribution in [2.24, 2.45) is 0 Å². The standard InChI is InChI=1S/C16H15N5/c1-2-6-13(7-3-1)20-16-18-11-9-15(21-16)19-12-14-8-4-5-10-17-14/h1-11H,12H2,(H2,18,19,20,21). The van der Waals surface area contributed by atoms with Crippen LogP contribution in [-0.2, 0) is 6.54 Å². The third-order valence-electron chi connectivity index (χ3n) is 2.86. The first-order valence-electron chi connectivity index (χ1n) is 6.69. The molecule has 5 nitrogen and oxygen atoms in total. The van der Waals surface area contributed by atoms with Crippen molar-refractivity contribution in [3.05, 3.63) is 72.7 Å². The third-order valence-corrected chi connectivity index (χ3v) is 2.86. The molecule has 5 heteroatoms. The zero-order valence-corrected chi connectivity index (χ0v) is 11.4. The van der Waals surface area contributed by atoms with E-state index < -0.39 is 0 Å². The Labute approximate surface area is 123 Å². The molecule has 0 spiro atoms. The monoisotopic (exact) mass is 277 g/mol. The quantitative estimate of drug-likeness (QED) is 0.749. The minimum atomic E-state index is 0.562. The van der Waals surface area contributed by atoms with Gasteiger partial charge in [-0.25, -0.2) is 4.98 Å². The van der Waals surface area contributed by atoms with Crippen molar-refractivity contribution in [1.29, 1.82) is 0 Å². The number of nitrogens with zero attached hydrogens (tertiary/aromatic N) is 3. The number of hydrogen-bond acceptors (Lipinski definition) is 5. The van der Waals surface area contributed by atoms with E-state index in [1.807, 2.05) is 54.6 Å². The molecule has 1 aromatic carbocycles. The molecule has 2 heterocycles. The van der Waals surface area contributed by atoms with Crippen molar-refractivity contribution >= 4 is 17.5 Å². The summed E-state index contributed by atoms with van der Waals surface area (Å²) in [6.45, 7) is 0.628. The fourth-order valence-electron chi connectivity index (χ4n) is 1.85. The Hall–Kier alpha value is -2.95. The number of aromatic nitrogens is 3. The van der Waals surface area contributed by atoms with E-state index in [-0.39, 0.29) is 0 Å². The Morgan fingerprint density at radius 3 is 2.48 bits per heavy atom. The Morgan fingerprint density at radius 2 is 1.67 bits per heavy atom. The van der Waals surface area contributed by atoms with Gasteiger partial charge in [0.1, 0.15) is 5.82 Å². The van der Waals surface area contributed by atoms with Gasteiger partial charge in [0.15, 0.2) is 0 Å². The van der Waals surface area contributed by atoms with Gasteiger partial charge < -0.3 is 10.6 Å². The highest BCUT2D eigenvalue weighted by Crippen LogP contribution is 2.13. The molecule has 2 aromatic heterocycles. The van der Waals surface area contributed by atoms with Crippen LogP contribution in [0.4, 0.5) is 17.5 Å². The molecule has 2 N–H and O–H groups in total. The number of pyridine rings is 1. The number of benzene rings is 1. The topological polar surface area (TPSA) is 62.7 Å². The highest BCUT2D eigenvalue weighted by Gasteiger charge is 2.00. The molecule has 0 aliphatic heterocycles. The first kappa shape index (κ1) is 13.1. The summed E-state index contributed by atoms with van der Waals surface area (Å²) in [6, 6.07) is 17.5. The van der Waals surface area contributed by atoms with E-state index in [9.17, 15) is 0 Å². The van der Waals surface area contributed by atoms with Crippen molar-refractivity contribution < 1.29 is 0 Å². The van der Waals surface area contributed by atoms with Crippen LogP contribution >= 0.6 is 0 Å². The molecule has 0 saturated heterocycles. The van der Waals surface area contributed by atoms with E-state index >= 15 is 0 Å².